The second-order valence-corrected chi connectivity index (χ2v) is 6.79. The zero-order valence-electron chi connectivity index (χ0n) is 17.4. The van der Waals surface area contributed by atoms with Crippen molar-refractivity contribution in [3.05, 3.63) is 84.6 Å². The van der Waals surface area contributed by atoms with E-state index in [1.54, 1.807) is 18.2 Å². The zero-order chi connectivity index (χ0) is 23.1. The van der Waals surface area contributed by atoms with E-state index in [-0.39, 0.29) is 24.5 Å². The summed E-state index contributed by atoms with van der Waals surface area (Å²) in [6, 6.07) is 14.8. The van der Waals surface area contributed by atoms with Crippen LogP contribution in [-0.2, 0) is 21.0 Å². The number of carbonyl (C=O) groups is 3. The molecule has 0 spiro atoms. The lowest BCUT2D eigenvalue weighted by molar-refractivity contribution is -0.134. The number of rotatable bonds is 11. The second kappa shape index (κ2) is 10.2. The van der Waals surface area contributed by atoms with Crippen LogP contribution in [-0.4, -0.2) is 35.4 Å². The first kappa shape index (κ1) is 22.5. The maximum Gasteiger partial charge on any atom is 0.289 e. The van der Waals surface area contributed by atoms with Crippen molar-refractivity contribution < 1.29 is 24.0 Å². The van der Waals surface area contributed by atoms with E-state index >= 15 is 0 Å². The fourth-order valence-corrected chi connectivity index (χ4v) is 3.36. The fourth-order valence-electron chi connectivity index (χ4n) is 3.36. The maximum atomic E-state index is 12.8. The van der Waals surface area contributed by atoms with Crippen molar-refractivity contribution in [2.24, 2.45) is 5.73 Å². The van der Waals surface area contributed by atoms with Gasteiger partial charge in [-0.3, -0.25) is 19.2 Å². The molecule has 0 aliphatic carbocycles. The van der Waals surface area contributed by atoms with Crippen LogP contribution in [0.15, 0.2) is 67.8 Å². The Morgan fingerprint density at radius 2 is 1.81 bits per heavy atom. The molecule has 0 atom stereocenters. The van der Waals surface area contributed by atoms with E-state index in [1.807, 2.05) is 34.9 Å². The van der Waals surface area contributed by atoms with Crippen LogP contribution >= 0.6 is 0 Å². The van der Waals surface area contributed by atoms with Crippen molar-refractivity contribution in [2.45, 2.75) is 6.54 Å². The molecule has 8 nitrogen and oxygen atoms in total. The van der Waals surface area contributed by atoms with E-state index in [0.717, 1.165) is 5.56 Å². The summed E-state index contributed by atoms with van der Waals surface area (Å²) >= 11 is 0. The van der Waals surface area contributed by atoms with Crippen LogP contribution in [0.4, 0.5) is 0 Å². The first-order valence-corrected chi connectivity index (χ1v) is 9.78. The summed E-state index contributed by atoms with van der Waals surface area (Å²) in [7, 11) is 0. The maximum absolute atomic E-state index is 12.8. The normalized spacial score (nSPS) is 10.5. The number of fused-ring (bicyclic) bond motifs is 1. The van der Waals surface area contributed by atoms with Gasteiger partial charge in [0.25, 0.3) is 17.6 Å². The van der Waals surface area contributed by atoms with Gasteiger partial charge in [-0.1, -0.05) is 49.1 Å². The van der Waals surface area contributed by atoms with Gasteiger partial charge in [0, 0.05) is 6.54 Å². The highest BCUT2D eigenvalue weighted by molar-refractivity contribution is 6.45. The molecule has 2 aromatic carbocycles. The number of primary amides is 1. The number of nitrogens with zero attached hydrogens (tertiary/aromatic N) is 1. The number of Topliss-reactive ketones (excluding diaryl/α,β-unsaturated/α-hetero) is 1. The van der Waals surface area contributed by atoms with Gasteiger partial charge in [-0.2, -0.15) is 0 Å². The Balaban J connectivity index is 2.08. The molecule has 0 saturated carbocycles. The first-order chi connectivity index (χ1) is 15.5. The van der Waals surface area contributed by atoms with E-state index in [4.69, 9.17) is 15.3 Å². The number of nitrogens with one attached hydrogen (secondary N) is 1. The van der Waals surface area contributed by atoms with E-state index in [2.05, 4.69) is 18.6 Å². The number of carbonyl (C=O) groups excluding carboxylic acids is 3. The Hall–Kier alpha value is -4.17. The molecular weight excluding hydrogens is 410 g/mol. The molecule has 3 aromatic rings. The van der Waals surface area contributed by atoms with Gasteiger partial charge in [-0.15, -0.1) is 6.58 Å². The number of amides is 2. The average Bonchev–Trinajstić information content (AvgIpc) is 3.11. The van der Waals surface area contributed by atoms with Crippen LogP contribution in [0, 0.1) is 0 Å². The van der Waals surface area contributed by atoms with Crippen LogP contribution in [0.25, 0.3) is 17.0 Å². The number of benzene rings is 2. The molecule has 3 N–H and O–H groups in total. The predicted octanol–water partition coefficient (Wildman–Crippen LogP) is 2.61. The van der Waals surface area contributed by atoms with Crippen LogP contribution < -0.4 is 16.0 Å². The van der Waals surface area contributed by atoms with Crippen LogP contribution in [0.3, 0.4) is 0 Å². The molecule has 0 unspecified atom stereocenters. The van der Waals surface area contributed by atoms with Crippen molar-refractivity contribution >= 4 is 34.6 Å². The summed E-state index contributed by atoms with van der Waals surface area (Å²) in [5.74, 6) is -2.25. The third-order valence-electron chi connectivity index (χ3n) is 4.67. The number of ether oxygens (including phenoxy) is 1. The lowest BCUT2D eigenvalue weighted by Crippen LogP contribution is -2.29. The molecule has 0 saturated heterocycles. The molecule has 3 rings (SSSR count). The smallest absolute Gasteiger partial charge is 0.289 e. The summed E-state index contributed by atoms with van der Waals surface area (Å²) in [4.78, 5) is 41.4. The van der Waals surface area contributed by atoms with E-state index in [1.165, 1.54) is 12.2 Å². The number of nitrogens with two attached hydrogens (primary N) is 1. The first-order valence-electron chi connectivity index (χ1n) is 9.78. The van der Waals surface area contributed by atoms with Gasteiger partial charge in [0.1, 0.15) is 5.75 Å². The van der Waals surface area contributed by atoms with Crippen molar-refractivity contribution in [3.63, 3.8) is 0 Å². The highest BCUT2D eigenvalue weighted by atomic mass is 16.7. The Labute approximate surface area is 184 Å². The largest absolute Gasteiger partial charge is 0.483 e. The number of hydroxylamine groups is 1. The summed E-state index contributed by atoms with van der Waals surface area (Å²) in [6.07, 6.45) is 2.98. The Kier molecular flexibility index (Phi) is 7.20. The van der Waals surface area contributed by atoms with Gasteiger partial charge < -0.3 is 15.0 Å². The van der Waals surface area contributed by atoms with Crippen molar-refractivity contribution in [2.75, 3.05) is 13.2 Å². The quantitative estimate of drug-likeness (QED) is 0.159. The predicted molar refractivity (Wildman–Crippen MR) is 121 cm³/mol. The topological polar surface area (TPSA) is 113 Å². The molecule has 1 heterocycles. The Morgan fingerprint density at radius 1 is 1.06 bits per heavy atom. The van der Waals surface area contributed by atoms with Gasteiger partial charge in [-0.25, -0.2) is 5.48 Å². The highest BCUT2D eigenvalue weighted by Crippen LogP contribution is 2.35. The van der Waals surface area contributed by atoms with Crippen molar-refractivity contribution in [1.29, 1.82) is 0 Å². The van der Waals surface area contributed by atoms with Gasteiger partial charge in [-0.05, 0) is 23.8 Å². The minimum absolute atomic E-state index is 0.0809. The van der Waals surface area contributed by atoms with Crippen molar-refractivity contribution in [1.82, 2.24) is 10.0 Å². The van der Waals surface area contributed by atoms with E-state index in [9.17, 15) is 14.4 Å². The SMILES string of the molecule is C=CCONC(=O)COc1cccc2c1c(C(=O)C(N)=O)c(C=C)n2Cc1ccccc1. The summed E-state index contributed by atoms with van der Waals surface area (Å²) < 4.78 is 7.53. The van der Waals surface area contributed by atoms with Gasteiger partial charge in [0.05, 0.1) is 28.8 Å². The molecule has 0 fully saturated rings. The molecule has 0 aliphatic heterocycles. The monoisotopic (exact) mass is 433 g/mol. The van der Waals surface area contributed by atoms with Gasteiger partial charge >= 0.3 is 0 Å². The molecule has 8 heteroatoms. The van der Waals surface area contributed by atoms with Crippen LogP contribution in [0.5, 0.6) is 5.75 Å². The number of hydrogen-bond donors (Lipinski definition) is 2. The fraction of sp³-hybridized carbons (Fsp3) is 0.125. The minimum Gasteiger partial charge on any atom is -0.483 e. The Morgan fingerprint density at radius 3 is 2.47 bits per heavy atom. The van der Waals surface area contributed by atoms with Gasteiger partial charge in [0.2, 0.25) is 0 Å². The summed E-state index contributed by atoms with van der Waals surface area (Å²) in [5, 5.41) is 0.377. The minimum atomic E-state index is -1.10. The number of ketones is 1. The highest BCUT2D eigenvalue weighted by Gasteiger charge is 2.27. The molecule has 0 bridgehead atoms. The second-order valence-electron chi connectivity index (χ2n) is 6.79. The number of aromatic nitrogens is 1. The average molecular weight is 433 g/mol. The third kappa shape index (κ3) is 4.76. The lowest BCUT2D eigenvalue weighted by atomic mass is 10.0. The molecule has 0 radical (unpaired) electrons. The molecule has 0 aliphatic rings. The standard InChI is InChI=1S/C24H23N3O5/c1-3-13-32-26-20(28)15-31-19-12-8-11-18-21(19)22(23(29)24(25)30)17(4-2)27(18)14-16-9-6-5-7-10-16/h3-12H,1-2,13-15H2,(H2,25,30)(H,26,28). The molecule has 2 amide bonds. The van der Waals surface area contributed by atoms with Crippen LogP contribution in [0.2, 0.25) is 0 Å². The number of hydrogen-bond acceptors (Lipinski definition) is 5. The summed E-state index contributed by atoms with van der Waals surface area (Å²) in [6.45, 7) is 7.50. The lowest BCUT2D eigenvalue weighted by Gasteiger charge is -2.10. The molecule has 164 valence electrons. The Bertz CT molecular complexity index is 1180. The van der Waals surface area contributed by atoms with Gasteiger partial charge in [0.15, 0.2) is 6.61 Å². The third-order valence-corrected chi connectivity index (χ3v) is 4.67. The molecular formula is C24H23N3O5. The van der Waals surface area contributed by atoms with Crippen LogP contribution in [0.1, 0.15) is 21.6 Å². The molecule has 1 aromatic heterocycles. The van der Waals surface area contributed by atoms with E-state index in [0.29, 0.717) is 23.1 Å². The summed E-state index contributed by atoms with van der Waals surface area (Å²) in [5.41, 5.74) is 9.67. The van der Waals surface area contributed by atoms with E-state index < -0.39 is 17.6 Å². The van der Waals surface area contributed by atoms with Crippen molar-refractivity contribution in [3.8, 4) is 5.75 Å². The zero-order valence-corrected chi connectivity index (χ0v) is 17.4. The molecule has 32 heavy (non-hydrogen) atoms.